The van der Waals surface area contributed by atoms with E-state index in [0.29, 0.717) is 0 Å². The maximum absolute atomic E-state index is 5.73. The molecule has 0 fully saturated rings. The number of hydrogen-bond donors (Lipinski definition) is 1. The molecule has 1 aromatic heterocycles. The van der Waals surface area contributed by atoms with Gasteiger partial charge >= 0.3 is 0 Å². The summed E-state index contributed by atoms with van der Waals surface area (Å²) in [6.07, 6.45) is 0. The van der Waals surface area contributed by atoms with Gasteiger partial charge in [-0.15, -0.1) is 11.3 Å². The van der Waals surface area contributed by atoms with Crippen molar-refractivity contribution in [2.24, 2.45) is 0 Å². The fourth-order valence-corrected chi connectivity index (χ4v) is 1.96. The first-order valence-corrected chi connectivity index (χ1v) is 5.64. The van der Waals surface area contributed by atoms with Crippen LogP contribution >= 0.6 is 11.3 Å². The number of nitrogens with zero attached hydrogens (tertiary/aromatic N) is 2. The molecule has 15 heavy (non-hydrogen) atoms. The molecule has 78 valence electrons. The lowest BCUT2D eigenvalue weighted by molar-refractivity contribution is 0.895. The van der Waals surface area contributed by atoms with Crippen LogP contribution in [-0.4, -0.2) is 12.0 Å². The van der Waals surface area contributed by atoms with E-state index < -0.39 is 0 Å². The molecule has 2 rings (SSSR count). The second kappa shape index (κ2) is 4.31. The standard InChI is InChI=1S/C11H13N3S/c1-14(6-10-7-15-8-13-10)11-4-2-3-9(12)5-11/h2-5,7-8H,6,12H2,1H3. The highest BCUT2D eigenvalue weighted by Gasteiger charge is 2.03. The zero-order valence-electron chi connectivity index (χ0n) is 8.55. The van der Waals surface area contributed by atoms with E-state index in [1.807, 2.05) is 36.8 Å². The van der Waals surface area contributed by atoms with E-state index in [4.69, 9.17) is 5.73 Å². The lowest BCUT2D eigenvalue weighted by atomic mass is 10.2. The fourth-order valence-electron chi connectivity index (χ4n) is 1.41. The predicted octanol–water partition coefficient (Wildman–Crippen LogP) is 2.36. The molecule has 2 N–H and O–H groups in total. The van der Waals surface area contributed by atoms with E-state index in [1.165, 1.54) is 0 Å². The lowest BCUT2D eigenvalue weighted by Gasteiger charge is -2.18. The van der Waals surface area contributed by atoms with Crippen molar-refractivity contribution in [2.45, 2.75) is 6.54 Å². The number of aromatic nitrogens is 1. The molecule has 0 atom stereocenters. The molecule has 0 spiro atoms. The zero-order chi connectivity index (χ0) is 10.7. The van der Waals surface area contributed by atoms with Crippen LogP contribution in [0.4, 0.5) is 11.4 Å². The number of nitrogen functional groups attached to an aromatic ring is 1. The molecule has 1 heterocycles. The molecule has 0 unspecified atom stereocenters. The van der Waals surface area contributed by atoms with Gasteiger partial charge in [0.15, 0.2) is 0 Å². The van der Waals surface area contributed by atoms with Crippen LogP contribution in [-0.2, 0) is 6.54 Å². The molecule has 0 aliphatic rings. The number of benzene rings is 1. The van der Waals surface area contributed by atoms with E-state index >= 15 is 0 Å². The molecule has 0 bridgehead atoms. The van der Waals surface area contributed by atoms with Crippen molar-refractivity contribution in [3.8, 4) is 0 Å². The van der Waals surface area contributed by atoms with Crippen LogP contribution in [0, 0.1) is 0 Å². The highest BCUT2D eigenvalue weighted by molar-refractivity contribution is 7.07. The van der Waals surface area contributed by atoms with Crippen molar-refractivity contribution in [1.29, 1.82) is 0 Å². The first-order valence-electron chi connectivity index (χ1n) is 4.69. The van der Waals surface area contributed by atoms with Crippen molar-refractivity contribution in [3.63, 3.8) is 0 Å². The van der Waals surface area contributed by atoms with Crippen LogP contribution in [0.2, 0.25) is 0 Å². The van der Waals surface area contributed by atoms with Gasteiger partial charge in [0.1, 0.15) is 0 Å². The first-order chi connectivity index (χ1) is 7.25. The number of thiazole rings is 1. The van der Waals surface area contributed by atoms with Gasteiger partial charge in [-0.05, 0) is 18.2 Å². The van der Waals surface area contributed by atoms with Gasteiger partial charge in [0.2, 0.25) is 0 Å². The minimum atomic E-state index is 0.789. The smallest absolute Gasteiger partial charge is 0.0795 e. The van der Waals surface area contributed by atoms with E-state index in [9.17, 15) is 0 Å². The van der Waals surface area contributed by atoms with E-state index in [0.717, 1.165) is 23.6 Å². The Kier molecular flexibility index (Phi) is 2.87. The molecule has 0 aliphatic carbocycles. The molecular weight excluding hydrogens is 206 g/mol. The Morgan fingerprint density at radius 1 is 1.47 bits per heavy atom. The van der Waals surface area contributed by atoms with Gasteiger partial charge in [-0.25, -0.2) is 4.98 Å². The maximum atomic E-state index is 5.73. The van der Waals surface area contributed by atoms with Crippen molar-refractivity contribution < 1.29 is 0 Å². The number of rotatable bonds is 3. The third kappa shape index (κ3) is 2.47. The second-order valence-corrected chi connectivity index (χ2v) is 4.15. The van der Waals surface area contributed by atoms with Crippen molar-refractivity contribution in [1.82, 2.24) is 4.98 Å². The largest absolute Gasteiger partial charge is 0.399 e. The van der Waals surface area contributed by atoms with Crippen LogP contribution in [0.1, 0.15) is 5.69 Å². The Hall–Kier alpha value is -1.55. The van der Waals surface area contributed by atoms with Crippen molar-refractivity contribution in [3.05, 3.63) is 40.8 Å². The van der Waals surface area contributed by atoms with Gasteiger partial charge in [0.05, 0.1) is 17.7 Å². The summed E-state index contributed by atoms with van der Waals surface area (Å²) in [6, 6.07) is 7.86. The van der Waals surface area contributed by atoms with Crippen molar-refractivity contribution >= 4 is 22.7 Å². The van der Waals surface area contributed by atoms with Gasteiger partial charge in [0, 0.05) is 23.8 Å². The minimum Gasteiger partial charge on any atom is -0.399 e. The SMILES string of the molecule is CN(Cc1cscn1)c1cccc(N)c1. The Morgan fingerprint density at radius 3 is 3.00 bits per heavy atom. The highest BCUT2D eigenvalue weighted by atomic mass is 32.1. The molecule has 0 radical (unpaired) electrons. The molecule has 0 saturated heterocycles. The van der Waals surface area contributed by atoms with Gasteiger partial charge < -0.3 is 10.6 Å². The fraction of sp³-hybridized carbons (Fsp3) is 0.182. The molecule has 2 aromatic rings. The summed E-state index contributed by atoms with van der Waals surface area (Å²) in [4.78, 5) is 6.38. The van der Waals surface area contributed by atoms with Crippen LogP contribution in [0.5, 0.6) is 0 Å². The Labute approximate surface area is 93.2 Å². The number of hydrogen-bond acceptors (Lipinski definition) is 4. The van der Waals surface area contributed by atoms with Crippen LogP contribution < -0.4 is 10.6 Å². The third-order valence-electron chi connectivity index (χ3n) is 2.19. The maximum Gasteiger partial charge on any atom is 0.0795 e. The van der Waals surface area contributed by atoms with Gasteiger partial charge in [-0.1, -0.05) is 6.07 Å². The molecule has 4 heteroatoms. The summed E-state index contributed by atoms with van der Waals surface area (Å²) >= 11 is 1.62. The zero-order valence-corrected chi connectivity index (χ0v) is 9.37. The summed E-state index contributed by atoms with van der Waals surface area (Å²) in [5, 5.41) is 2.06. The first kappa shape index (κ1) is 9.98. The predicted molar refractivity (Wildman–Crippen MR) is 65.1 cm³/mol. The highest BCUT2D eigenvalue weighted by Crippen LogP contribution is 2.18. The summed E-state index contributed by atoms with van der Waals surface area (Å²) in [6.45, 7) is 0.812. The van der Waals surface area contributed by atoms with E-state index in [-0.39, 0.29) is 0 Å². The van der Waals surface area contributed by atoms with Gasteiger partial charge in [0.25, 0.3) is 0 Å². The molecule has 0 saturated carbocycles. The topological polar surface area (TPSA) is 42.2 Å². The van der Waals surface area contributed by atoms with Gasteiger partial charge in [-0.3, -0.25) is 0 Å². The van der Waals surface area contributed by atoms with Crippen LogP contribution in [0.25, 0.3) is 0 Å². The molecule has 0 aliphatic heterocycles. The van der Waals surface area contributed by atoms with E-state index in [2.05, 4.69) is 15.3 Å². The Balaban J connectivity index is 2.11. The quantitative estimate of drug-likeness (QED) is 0.806. The minimum absolute atomic E-state index is 0.789. The summed E-state index contributed by atoms with van der Waals surface area (Å²) in [5.74, 6) is 0. The Bertz CT molecular complexity index is 425. The summed E-state index contributed by atoms with van der Waals surface area (Å²) < 4.78 is 0. The second-order valence-electron chi connectivity index (χ2n) is 3.43. The normalized spacial score (nSPS) is 10.2. The molecular formula is C11H13N3S. The van der Waals surface area contributed by atoms with Gasteiger partial charge in [-0.2, -0.15) is 0 Å². The Morgan fingerprint density at radius 2 is 2.33 bits per heavy atom. The number of anilines is 2. The average Bonchev–Trinajstić information content (AvgIpc) is 2.70. The van der Waals surface area contributed by atoms with Crippen LogP contribution in [0.3, 0.4) is 0 Å². The number of nitrogens with two attached hydrogens (primary N) is 1. The third-order valence-corrected chi connectivity index (χ3v) is 2.83. The van der Waals surface area contributed by atoms with Crippen molar-refractivity contribution in [2.75, 3.05) is 17.7 Å². The lowest BCUT2D eigenvalue weighted by Crippen LogP contribution is -2.16. The molecule has 1 aromatic carbocycles. The molecule has 0 amide bonds. The average molecular weight is 219 g/mol. The monoisotopic (exact) mass is 219 g/mol. The van der Waals surface area contributed by atoms with E-state index in [1.54, 1.807) is 11.3 Å². The molecule has 3 nitrogen and oxygen atoms in total. The van der Waals surface area contributed by atoms with Crippen LogP contribution in [0.15, 0.2) is 35.2 Å². The summed E-state index contributed by atoms with van der Waals surface area (Å²) in [7, 11) is 2.04. The summed E-state index contributed by atoms with van der Waals surface area (Å²) in [5.41, 5.74) is 10.6.